The maximum Gasteiger partial charge on any atom is -0.000472 e. The number of hydrogen-bond donors (Lipinski definition) is 1. The van der Waals surface area contributed by atoms with Gasteiger partial charge in [0.2, 0.25) is 0 Å². The van der Waals surface area contributed by atoms with E-state index in [1.807, 2.05) is 0 Å². The molecular formula is C10H20IN. The van der Waals surface area contributed by atoms with Gasteiger partial charge >= 0.3 is 0 Å². The van der Waals surface area contributed by atoms with Crippen molar-refractivity contribution >= 4 is 22.6 Å². The number of unbranched alkanes of at least 4 members (excludes halogenated alkanes) is 2. The van der Waals surface area contributed by atoms with Gasteiger partial charge in [-0.15, -0.1) is 0 Å². The number of hydrogen-bond acceptors (Lipinski definition) is 1. The van der Waals surface area contributed by atoms with Crippen molar-refractivity contribution in [2.45, 2.75) is 38.5 Å². The van der Waals surface area contributed by atoms with Gasteiger partial charge in [0.1, 0.15) is 0 Å². The molecule has 0 unspecified atom stereocenters. The van der Waals surface area contributed by atoms with Crippen molar-refractivity contribution in [1.82, 2.24) is 5.32 Å². The van der Waals surface area contributed by atoms with Gasteiger partial charge in [-0.2, -0.15) is 0 Å². The molecule has 1 aliphatic rings. The molecule has 0 aromatic heterocycles. The van der Waals surface area contributed by atoms with Crippen LogP contribution in [0.4, 0.5) is 0 Å². The summed E-state index contributed by atoms with van der Waals surface area (Å²) >= 11 is 2.45. The molecule has 1 aliphatic carbocycles. The third kappa shape index (κ3) is 6.23. The first-order chi connectivity index (χ1) is 5.93. The molecule has 0 heterocycles. The molecule has 0 aliphatic heterocycles. The first kappa shape index (κ1) is 10.8. The SMILES string of the molecule is ICCCCCNCCC1CC1. The van der Waals surface area contributed by atoms with Crippen LogP contribution < -0.4 is 5.32 Å². The summed E-state index contributed by atoms with van der Waals surface area (Å²) in [5, 5.41) is 3.51. The molecule has 1 fully saturated rings. The zero-order valence-corrected chi connectivity index (χ0v) is 9.98. The Morgan fingerprint density at radius 3 is 2.58 bits per heavy atom. The molecule has 0 amide bonds. The Balaban J connectivity index is 1.65. The minimum absolute atomic E-state index is 1.09. The number of rotatable bonds is 8. The maximum absolute atomic E-state index is 3.51. The van der Waals surface area contributed by atoms with E-state index in [1.165, 1.54) is 56.0 Å². The van der Waals surface area contributed by atoms with Crippen LogP contribution in [-0.4, -0.2) is 17.5 Å². The summed E-state index contributed by atoms with van der Waals surface area (Å²) in [7, 11) is 0. The maximum atomic E-state index is 3.51. The monoisotopic (exact) mass is 281 g/mol. The van der Waals surface area contributed by atoms with E-state index in [0.717, 1.165) is 5.92 Å². The Bertz CT molecular complexity index is 102. The Kier molecular flexibility index (Phi) is 6.40. The Morgan fingerprint density at radius 1 is 1.08 bits per heavy atom. The number of alkyl halides is 1. The van der Waals surface area contributed by atoms with Crippen LogP contribution in [0.1, 0.15) is 38.5 Å². The van der Waals surface area contributed by atoms with E-state index in [0.29, 0.717) is 0 Å². The molecule has 12 heavy (non-hydrogen) atoms. The van der Waals surface area contributed by atoms with E-state index in [-0.39, 0.29) is 0 Å². The molecule has 0 aromatic carbocycles. The fraction of sp³-hybridized carbons (Fsp3) is 1.00. The van der Waals surface area contributed by atoms with E-state index in [1.54, 1.807) is 0 Å². The summed E-state index contributed by atoms with van der Waals surface area (Å²) in [6, 6.07) is 0. The van der Waals surface area contributed by atoms with Crippen molar-refractivity contribution in [3.63, 3.8) is 0 Å². The van der Waals surface area contributed by atoms with Crippen LogP contribution in [-0.2, 0) is 0 Å². The van der Waals surface area contributed by atoms with Gasteiger partial charge in [-0.25, -0.2) is 0 Å². The van der Waals surface area contributed by atoms with Crippen LogP contribution >= 0.6 is 22.6 Å². The fourth-order valence-electron chi connectivity index (χ4n) is 1.36. The van der Waals surface area contributed by atoms with Gasteiger partial charge in [0.05, 0.1) is 0 Å². The Morgan fingerprint density at radius 2 is 1.92 bits per heavy atom. The second-order valence-corrected chi connectivity index (χ2v) is 4.81. The summed E-state index contributed by atoms with van der Waals surface area (Å²) in [5.74, 6) is 1.09. The standard InChI is InChI=1S/C10H20IN/c11-7-2-1-3-8-12-9-6-10-4-5-10/h10,12H,1-9H2. The molecular weight excluding hydrogens is 261 g/mol. The predicted octanol–water partition coefficient (Wildman–Crippen LogP) is 2.98. The molecule has 0 spiro atoms. The average Bonchev–Trinajstić information content (AvgIpc) is 2.87. The third-order valence-corrected chi connectivity index (χ3v) is 3.18. The molecule has 1 rings (SSSR count). The van der Waals surface area contributed by atoms with Crippen molar-refractivity contribution in [3.05, 3.63) is 0 Å². The Labute approximate surface area is 89.8 Å². The molecule has 1 nitrogen and oxygen atoms in total. The molecule has 0 atom stereocenters. The summed E-state index contributed by atoms with van der Waals surface area (Å²) in [6.45, 7) is 2.50. The number of nitrogens with one attached hydrogen (secondary N) is 1. The van der Waals surface area contributed by atoms with E-state index in [9.17, 15) is 0 Å². The lowest BCUT2D eigenvalue weighted by Crippen LogP contribution is -2.16. The van der Waals surface area contributed by atoms with E-state index in [2.05, 4.69) is 27.9 Å². The molecule has 1 saturated carbocycles. The van der Waals surface area contributed by atoms with Crippen LogP contribution in [0, 0.1) is 5.92 Å². The first-order valence-electron chi connectivity index (χ1n) is 5.20. The summed E-state index contributed by atoms with van der Waals surface area (Å²) < 4.78 is 1.32. The molecule has 1 N–H and O–H groups in total. The highest BCUT2D eigenvalue weighted by Gasteiger charge is 2.19. The van der Waals surface area contributed by atoms with Gasteiger partial charge < -0.3 is 5.32 Å². The van der Waals surface area contributed by atoms with E-state index < -0.39 is 0 Å². The van der Waals surface area contributed by atoms with Crippen LogP contribution in [0.2, 0.25) is 0 Å². The van der Waals surface area contributed by atoms with Gasteiger partial charge in [0.15, 0.2) is 0 Å². The summed E-state index contributed by atoms with van der Waals surface area (Å²) in [5.41, 5.74) is 0. The molecule has 0 bridgehead atoms. The van der Waals surface area contributed by atoms with Crippen LogP contribution in [0.5, 0.6) is 0 Å². The van der Waals surface area contributed by atoms with Crippen molar-refractivity contribution in [2.24, 2.45) is 5.92 Å². The normalized spacial score (nSPS) is 16.8. The molecule has 2 heteroatoms. The Hall–Kier alpha value is 0.690. The zero-order valence-electron chi connectivity index (χ0n) is 7.82. The smallest absolute Gasteiger partial charge is 0.000472 e. The van der Waals surface area contributed by atoms with Crippen molar-refractivity contribution < 1.29 is 0 Å². The second kappa shape index (κ2) is 7.13. The molecule has 0 radical (unpaired) electrons. The highest BCUT2D eigenvalue weighted by atomic mass is 127. The minimum atomic E-state index is 1.09. The first-order valence-corrected chi connectivity index (χ1v) is 6.72. The van der Waals surface area contributed by atoms with Crippen molar-refractivity contribution in [3.8, 4) is 0 Å². The van der Waals surface area contributed by atoms with Gasteiger partial charge in [0, 0.05) is 0 Å². The topological polar surface area (TPSA) is 12.0 Å². The molecule has 0 aromatic rings. The highest BCUT2D eigenvalue weighted by Crippen LogP contribution is 2.31. The lowest BCUT2D eigenvalue weighted by Gasteiger charge is -2.02. The van der Waals surface area contributed by atoms with Gasteiger partial charge in [-0.3, -0.25) is 0 Å². The third-order valence-electron chi connectivity index (χ3n) is 2.41. The van der Waals surface area contributed by atoms with Crippen LogP contribution in [0.15, 0.2) is 0 Å². The average molecular weight is 281 g/mol. The van der Waals surface area contributed by atoms with E-state index >= 15 is 0 Å². The predicted molar refractivity (Wildman–Crippen MR) is 62.9 cm³/mol. The zero-order chi connectivity index (χ0) is 8.65. The molecule has 72 valence electrons. The highest BCUT2D eigenvalue weighted by molar-refractivity contribution is 14.1. The van der Waals surface area contributed by atoms with Gasteiger partial charge in [-0.1, -0.05) is 41.9 Å². The van der Waals surface area contributed by atoms with Gasteiger partial charge in [-0.05, 0) is 42.7 Å². The number of halogens is 1. The molecule has 0 saturated heterocycles. The van der Waals surface area contributed by atoms with Crippen LogP contribution in [0.3, 0.4) is 0 Å². The van der Waals surface area contributed by atoms with Crippen molar-refractivity contribution in [2.75, 3.05) is 17.5 Å². The van der Waals surface area contributed by atoms with Crippen LogP contribution in [0.25, 0.3) is 0 Å². The summed E-state index contributed by atoms with van der Waals surface area (Å²) in [4.78, 5) is 0. The largest absolute Gasteiger partial charge is 0.317 e. The lowest BCUT2D eigenvalue weighted by atomic mass is 10.2. The van der Waals surface area contributed by atoms with Gasteiger partial charge in [0.25, 0.3) is 0 Å². The fourth-order valence-corrected chi connectivity index (χ4v) is 1.90. The quantitative estimate of drug-likeness (QED) is 0.410. The minimum Gasteiger partial charge on any atom is -0.317 e. The second-order valence-electron chi connectivity index (χ2n) is 3.73. The van der Waals surface area contributed by atoms with E-state index in [4.69, 9.17) is 0 Å². The summed E-state index contributed by atoms with van der Waals surface area (Å²) in [6.07, 6.45) is 8.58. The lowest BCUT2D eigenvalue weighted by molar-refractivity contribution is 0.581. The van der Waals surface area contributed by atoms with Crippen molar-refractivity contribution in [1.29, 1.82) is 0 Å².